The van der Waals surface area contributed by atoms with Crippen molar-refractivity contribution in [2.24, 2.45) is 0 Å². The molecule has 0 radical (unpaired) electrons. The standard InChI is InChI=1S/C13H11BrF2O/c1-7-5-11(16)9(6-10(7)15)13(14)12-4-3-8(2)17-12/h3-6,13H,1-2H3. The zero-order valence-corrected chi connectivity index (χ0v) is 11.0. The van der Waals surface area contributed by atoms with Gasteiger partial charge in [-0.1, -0.05) is 15.9 Å². The quantitative estimate of drug-likeness (QED) is 0.735. The molecule has 0 fully saturated rings. The van der Waals surface area contributed by atoms with Gasteiger partial charge in [0.05, 0.1) is 0 Å². The lowest BCUT2D eigenvalue weighted by molar-refractivity contribution is 0.486. The van der Waals surface area contributed by atoms with E-state index in [1.165, 1.54) is 19.1 Å². The molecule has 2 aromatic rings. The summed E-state index contributed by atoms with van der Waals surface area (Å²) in [6, 6.07) is 5.91. The topological polar surface area (TPSA) is 13.1 Å². The lowest BCUT2D eigenvalue weighted by atomic mass is 10.1. The average molecular weight is 301 g/mol. The molecule has 1 atom stereocenters. The number of furan rings is 1. The molecule has 0 amide bonds. The highest BCUT2D eigenvalue weighted by Crippen LogP contribution is 2.34. The second-order valence-electron chi connectivity index (χ2n) is 3.93. The zero-order chi connectivity index (χ0) is 12.6. The maximum Gasteiger partial charge on any atom is 0.128 e. The second-order valence-corrected chi connectivity index (χ2v) is 4.85. The third-order valence-electron chi connectivity index (χ3n) is 2.56. The number of benzene rings is 1. The van der Waals surface area contributed by atoms with Gasteiger partial charge in [0, 0.05) is 5.56 Å². The van der Waals surface area contributed by atoms with Gasteiger partial charge >= 0.3 is 0 Å². The van der Waals surface area contributed by atoms with E-state index in [4.69, 9.17) is 4.42 Å². The van der Waals surface area contributed by atoms with Crippen molar-refractivity contribution < 1.29 is 13.2 Å². The summed E-state index contributed by atoms with van der Waals surface area (Å²) in [5, 5.41) is 0. The summed E-state index contributed by atoms with van der Waals surface area (Å²) in [7, 11) is 0. The number of rotatable bonds is 2. The Morgan fingerprint density at radius 2 is 1.82 bits per heavy atom. The maximum absolute atomic E-state index is 13.7. The largest absolute Gasteiger partial charge is 0.465 e. The van der Waals surface area contributed by atoms with Gasteiger partial charge in [0.25, 0.3) is 0 Å². The minimum atomic E-state index is -0.480. The Balaban J connectivity index is 2.43. The molecule has 1 nitrogen and oxygen atoms in total. The Morgan fingerprint density at radius 3 is 2.41 bits per heavy atom. The van der Waals surface area contributed by atoms with E-state index >= 15 is 0 Å². The molecule has 0 saturated carbocycles. The van der Waals surface area contributed by atoms with E-state index in [0.717, 1.165) is 5.76 Å². The highest BCUT2D eigenvalue weighted by atomic mass is 79.9. The molecule has 1 unspecified atom stereocenters. The van der Waals surface area contributed by atoms with Gasteiger partial charge in [-0.25, -0.2) is 8.78 Å². The third kappa shape index (κ3) is 2.41. The summed E-state index contributed by atoms with van der Waals surface area (Å²) >= 11 is 3.32. The molecular formula is C13H11BrF2O. The van der Waals surface area contributed by atoms with Crippen LogP contribution in [0.15, 0.2) is 28.7 Å². The minimum Gasteiger partial charge on any atom is -0.465 e. The molecule has 1 aromatic carbocycles. The predicted molar refractivity (Wildman–Crippen MR) is 65.3 cm³/mol. The SMILES string of the molecule is Cc1ccc(C(Br)c2cc(F)c(C)cc2F)o1. The monoisotopic (exact) mass is 300 g/mol. The first-order valence-corrected chi connectivity index (χ1v) is 6.06. The summed E-state index contributed by atoms with van der Waals surface area (Å²) < 4.78 is 32.5. The van der Waals surface area contributed by atoms with Crippen molar-refractivity contribution in [1.29, 1.82) is 0 Å². The number of aryl methyl sites for hydroxylation is 2. The summed E-state index contributed by atoms with van der Waals surface area (Å²) in [6.45, 7) is 3.33. The maximum atomic E-state index is 13.7. The van der Waals surface area contributed by atoms with E-state index in [1.54, 1.807) is 19.1 Å². The summed E-state index contributed by atoms with van der Waals surface area (Å²) in [5.74, 6) is 0.427. The van der Waals surface area contributed by atoms with Gasteiger partial charge in [0.1, 0.15) is 28.0 Å². The van der Waals surface area contributed by atoms with E-state index in [-0.39, 0.29) is 5.56 Å². The Morgan fingerprint density at radius 1 is 1.12 bits per heavy atom. The normalized spacial score (nSPS) is 12.8. The average Bonchev–Trinajstić information content (AvgIpc) is 2.69. The summed E-state index contributed by atoms with van der Waals surface area (Å²) in [6.07, 6.45) is 0. The first kappa shape index (κ1) is 12.3. The van der Waals surface area contributed by atoms with Crippen LogP contribution >= 0.6 is 15.9 Å². The van der Waals surface area contributed by atoms with Gasteiger partial charge in [-0.2, -0.15) is 0 Å². The molecule has 0 aliphatic carbocycles. The first-order valence-electron chi connectivity index (χ1n) is 5.15. The zero-order valence-electron chi connectivity index (χ0n) is 9.43. The van der Waals surface area contributed by atoms with E-state index in [1.807, 2.05) is 0 Å². The molecule has 0 spiro atoms. The molecule has 90 valence electrons. The fourth-order valence-electron chi connectivity index (χ4n) is 1.60. The summed E-state index contributed by atoms with van der Waals surface area (Å²) in [4.78, 5) is -0.480. The number of alkyl halides is 1. The van der Waals surface area contributed by atoms with Gasteiger partial charge in [-0.3, -0.25) is 0 Å². The fourth-order valence-corrected chi connectivity index (χ4v) is 2.20. The first-order chi connectivity index (χ1) is 7.99. The van der Waals surface area contributed by atoms with Crippen LogP contribution in [0.1, 0.15) is 27.5 Å². The van der Waals surface area contributed by atoms with Crippen LogP contribution in [-0.4, -0.2) is 0 Å². The number of halogens is 3. The van der Waals surface area contributed by atoms with Gasteiger partial charge in [0.15, 0.2) is 0 Å². The molecule has 0 aliphatic rings. The van der Waals surface area contributed by atoms with Gasteiger partial charge in [-0.05, 0) is 43.7 Å². The molecule has 0 bridgehead atoms. The molecule has 2 rings (SSSR count). The van der Waals surface area contributed by atoms with E-state index in [9.17, 15) is 8.78 Å². The van der Waals surface area contributed by atoms with E-state index in [0.29, 0.717) is 11.3 Å². The molecule has 0 saturated heterocycles. The van der Waals surface area contributed by atoms with Crippen LogP contribution in [0.5, 0.6) is 0 Å². The van der Waals surface area contributed by atoms with Crippen LogP contribution in [0.3, 0.4) is 0 Å². The van der Waals surface area contributed by atoms with Crippen LogP contribution in [0, 0.1) is 25.5 Å². The van der Waals surface area contributed by atoms with Gasteiger partial charge in [-0.15, -0.1) is 0 Å². The Labute approximate surface area is 107 Å². The number of hydrogen-bond acceptors (Lipinski definition) is 1. The van der Waals surface area contributed by atoms with Crippen molar-refractivity contribution in [3.8, 4) is 0 Å². The molecule has 1 heterocycles. The van der Waals surface area contributed by atoms with E-state index in [2.05, 4.69) is 15.9 Å². The van der Waals surface area contributed by atoms with Crippen molar-refractivity contribution in [3.63, 3.8) is 0 Å². The van der Waals surface area contributed by atoms with Gasteiger partial charge < -0.3 is 4.42 Å². The second kappa shape index (κ2) is 4.61. The van der Waals surface area contributed by atoms with Crippen LogP contribution in [0.4, 0.5) is 8.78 Å². The van der Waals surface area contributed by atoms with Crippen molar-refractivity contribution in [2.75, 3.05) is 0 Å². The number of hydrogen-bond donors (Lipinski definition) is 0. The molecular weight excluding hydrogens is 290 g/mol. The van der Waals surface area contributed by atoms with Crippen LogP contribution < -0.4 is 0 Å². The fraction of sp³-hybridized carbons (Fsp3) is 0.231. The van der Waals surface area contributed by atoms with Crippen molar-refractivity contribution in [2.45, 2.75) is 18.7 Å². The molecule has 0 aliphatic heterocycles. The van der Waals surface area contributed by atoms with Crippen molar-refractivity contribution >= 4 is 15.9 Å². The predicted octanol–water partition coefficient (Wildman–Crippen LogP) is 4.66. The molecule has 17 heavy (non-hydrogen) atoms. The van der Waals surface area contributed by atoms with Crippen molar-refractivity contribution in [3.05, 3.63) is 58.5 Å². The molecule has 4 heteroatoms. The Hall–Kier alpha value is -1.16. The Bertz CT molecular complexity index is 548. The third-order valence-corrected chi connectivity index (χ3v) is 3.51. The van der Waals surface area contributed by atoms with Crippen LogP contribution in [-0.2, 0) is 0 Å². The summed E-state index contributed by atoms with van der Waals surface area (Å²) in [5.41, 5.74) is 0.532. The highest BCUT2D eigenvalue weighted by Gasteiger charge is 2.19. The van der Waals surface area contributed by atoms with Crippen LogP contribution in [0.2, 0.25) is 0 Å². The van der Waals surface area contributed by atoms with Crippen molar-refractivity contribution in [1.82, 2.24) is 0 Å². The minimum absolute atomic E-state index is 0.238. The Kier molecular flexibility index (Phi) is 3.33. The lowest BCUT2D eigenvalue weighted by Gasteiger charge is -2.10. The van der Waals surface area contributed by atoms with E-state index < -0.39 is 16.5 Å². The molecule has 1 aromatic heterocycles. The smallest absolute Gasteiger partial charge is 0.128 e. The lowest BCUT2D eigenvalue weighted by Crippen LogP contribution is -1.98. The highest BCUT2D eigenvalue weighted by molar-refractivity contribution is 9.09. The van der Waals surface area contributed by atoms with Gasteiger partial charge in [0.2, 0.25) is 0 Å². The van der Waals surface area contributed by atoms with Crippen LogP contribution in [0.25, 0.3) is 0 Å². The molecule has 0 N–H and O–H groups in total.